The average molecular weight is 229 g/mol. The minimum Gasteiger partial charge on any atom is -0.330 e. The number of nitrogens with zero attached hydrogens (tertiary/aromatic N) is 2. The van der Waals surface area contributed by atoms with Crippen LogP contribution in [0.4, 0.5) is 0 Å². The Bertz CT molecular complexity index is 533. The van der Waals surface area contributed by atoms with E-state index in [1.807, 2.05) is 0 Å². The lowest BCUT2D eigenvalue weighted by atomic mass is 10.0. The maximum absolute atomic E-state index is 5.55. The van der Waals surface area contributed by atoms with Crippen molar-refractivity contribution in [1.82, 2.24) is 10.3 Å². The van der Waals surface area contributed by atoms with Crippen LogP contribution in [0.15, 0.2) is 22.8 Å². The molecule has 0 aliphatic heterocycles. The predicted octanol–water partition coefficient (Wildman–Crippen LogP) is 1.73. The Balaban J connectivity index is 2.00. The van der Waals surface area contributed by atoms with Crippen LogP contribution in [0, 0.1) is 0 Å². The summed E-state index contributed by atoms with van der Waals surface area (Å²) in [5, 5.41) is 7.90. The summed E-state index contributed by atoms with van der Waals surface area (Å²) < 4.78 is 4.82. The molecule has 1 aromatic carbocycles. The molecule has 0 saturated heterocycles. The molecule has 17 heavy (non-hydrogen) atoms. The number of fused-ring (bicyclic) bond motifs is 1. The summed E-state index contributed by atoms with van der Waals surface area (Å²) >= 11 is 0. The number of aromatic nitrogens is 2. The fraction of sp³-hybridized carbons (Fsp3) is 0.385. The summed E-state index contributed by atoms with van der Waals surface area (Å²) in [6.45, 7) is 0.562. The normalized spacial score (nSPS) is 13.9. The van der Waals surface area contributed by atoms with Gasteiger partial charge in [-0.3, -0.25) is 0 Å². The van der Waals surface area contributed by atoms with Crippen LogP contribution in [-0.2, 0) is 19.3 Å². The van der Waals surface area contributed by atoms with Gasteiger partial charge in [-0.05, 0) is 48.2 Å². The SMILES string of the molecule is NCCc1nonc1-c1ccc2c(c1)CCC2. The second-order valence-corrected chi connectivity index (χ2v) is 4.44. The van der Waals surface area contributed by atoms with Crippen molar-refractivity contribution in [2.45, 2.75) is 25.7 Å². The lowest BCUT2D eigenvalue weighted by molar-refractivity contribution is 0.304. The van der Waals surface area contributed by atoms with Crippen molar-refractivity contribution < 1.29 is 4.63 Å². The van der Waals surface area contributed by atoms with Gasteiger partial charge in [0.1, 0.15) is 11.4 Å². The van der Waals surface area contributed by atoms with E-state index in [0.29, 0.717) is 13.0 Å². The Morgan fingerprint density at radius 3 is 2.94 bits per heavy atom. The van der Waals surface area contributed by atoms with Crippen LogP contribution < -0.4 is 5.73 Å². The van der Waals surface area contributed by atoms with Crippen LogP contribution in [0.3, 0.4) is 0 Å². The number of nitrogens with two attached hydrogens (primary N) is 1. The molecule has 1 aliphatic rings. The van der Waals surface area contributed by atoms with Crippen LogP contribution in [-0.4, -0.2) is 16.9 Å². The minimum atomic E-state index is 0.562. The second-order valence-electron chi connectivity index (χ2n) is 4.44. The molecule has 0 fully saturated rings. The van der Waals surface area contributed by atoms with Gasteiger partial charge in [-0.1, -0.05) is 17.3 Å². The standard InChI is InChI=1S/C13H15N3O/c14-7-6-12-13(16-17-15-12)11-5-4-9-2-1-3-10(9)8-11/h4-5,8H,1-3,6-7,14H2. The van der Waals surface area contributed by atoms with E-state index in [-0.39, 0.29) is 0 Å². The average Bonchev–Trinajstić information content (AvgIpc) is 2.96. The van der Waals surface area contributed by atoms with E-state index in [1.165, 1.54) is 30.4 Å². The molecular formula is C13H15N3O. The highest BCUT2D eigenvalue weighted by atomic mass is 16.6. The number of benzene rings is 1. The zero-order valence-electron chi connectivity index (χ0n) is 9.65. The summed E-state index contributed by atoms with van der Waals surface area (Å²) in [6, 6.07) is 6.50. The first-order chi connectivity index (χ1) is 8.38. The Labute approximate surface area is 99.8 Å². The van der Waals surface area contributed by atoms with E-state index in [1.54, 1.807) is 0 Å². The summed E-state index contributed by atoms with van der Waals surface area (Å²) in [5.74, 6) is 0. The summed E-state index contributed by atoms with van der Waals surface area (Å²) in [5.41, 5.74) is 11.2. The Kier molecular flexibility index (Phi) is 2.65. The zero-order chi connectivity index (χ0) is 11.7. The van der Waals surface area contributed by atoms with Gasteiger partial charge in [0.15, 0.2) is 0 Å². The van der Waals surface area contributed by atoms with Crippen molar-refractivity contribution in [2.24, 2.45) is 5.73 Å². The molecule has 0 atom stereocenters. The van der Waals surface area contributed by atoms with Gasteiger partial charge >= 0.3 is 0 Å². The van der Waals surface area contributed by atoms with E-state index in [0.717, 1.165) is 17.0 Å². The van der Waals surface area contributed by atoms with Gasteiger partial charge in [-0.2, -0.15) is 0 Å². The van der Waals surface area contributed by atoms with Crippen molar-refractivity contribution in [3.8, 4) is 11.3 Å². The summed E-state index contributed by atoms with van der Waals surface area (Å²) in [4.78, 5) is 0. The lowest BCUT2D eigenvalue weighted by Gasteiger charge is -2.02. The van der Waals surface area contributed by atoms with Crippen molar-refractivity contribution in [1.29, 1.82) is 0 Å². The molecule has 3 rings (SSSR count). The van der Waals surface area contributed by atoms with Crippen LogP contribution in [0.25, 0.3) is 11.3 Å². The lowest BCUT2D eigenvalue weighted by Crippen LogP contribution is -2.04. The number of hydrogen-bond donors (Lipinski definition) is 1. The van der Waals surface area contributed by atoms with Crippen molar-refractivity contribution in [2.75, 3.05) is 6.54 Å². The van der Waals surface area contributed by atoms with Crippen LogP contribution in [0.1, 0.15) is 23.2 Å². The third-order valence-corrected chi connectivity index (χ3v) is 3.31. The highest BCUT2D eigenvalue weighted by Crippen LogP contribution is 2.28. The highest BCUT2D eigenvalue weighted by Gasteiger charge is 2.15. The molecule has 1 aromatic heterocycles. The predicted molar refractivity (Wildman–Crippen MR) is 64.5 cm³/mol. The molecule has 0 unspecified atom stereocenters. The van der Waals surface area contributed by atoms with E-state index in [2.05, 4.69) is 28.5 Å². The smallest absolute Gasteiger partial charge is 0.138 e. The van der Waals surface area contributed by atoms with Crippen LogP contribution >= 0.6 is 0 Å². The van der Waals surface area contributed by atoms with Gasteiger partial charge in [-0.15, -0.1) is 0 Å². The Hall–Kier alpha value is -1.68. The molecule has 0 saturated carbocycles. The topological polar surface area (TPSA) is 64.9 Å². The monoisotopic (exact) mass is 229 g/mol. The van der Waals surface area contributed by atoms with Gasteiger partial charge < -0.3 is 5.73 Å². The van der Waals surface area contributed by atoms with E-state index in [9.17, 15) is 0 Å². The Morgan fingerprint density at radius 2 is 2.06 bits per heavy atom. The minimum absolute atomic E-state index is 0.562. The van der Waals surface area contributed by atoms with Crippen LogP contribution in [0.5, 0.6) is 0 Å². The fourth-order valence-corrected chi connectivity index (χ4v) is 2.45. The van der Waals surface area contributed by atoms with Gasteiger partial charge in [0.05, 0.1) is 0 Å². The molecule has 2 N–H and O–H groups in total. The fourth-order valence-electron chi connectivity index (χ4n) is 2.45. The van der Waals surface area contributed by atoms with Gasteiger partial charge in [0.25, 0.3) is 0 Å². The molecular weight excluding hydrogens is 214 g/mol. The van der Waals surface area contributed by atoms with Crippen molar-refractivity contribution >= 4 is 0 Å². The molecule has 0 bridgehead atoms. The highest BCUT2D eigenvalue weighted by molar-refractivity contribution is 5.63. The van der Waals surface area contributed by atoms with E-state index >= 15 is 0 Å². The number of rotatable bonds is 3. The molecule has 0 amide bonds. The molecule has 0 radical (unpaired) electrons. The molecule has 1 heterocycles. The first-order valence-corrected chi connectivity index (χ1v) is 6.02. The molecule has 2 aromatic rings. The quantitative estimate of drug-likeness (QED) is 0.870. The number of aryl methyl sites for hydroxylation is 2. The van der Waals surface area contributed by atoms with Crippen LogP contribution in [0.2, 0.25) is 0 Å². The molecule has 0 spiro atoms. The zero-order valence-corrected chi connectivity index (χ0v) is 9.65. The third kappa shape index (κ3) is 1.85. The number of hydrogen-bond acceptors (Lipinski definition) is 4. The molecule has 88 valence electrons. The van der Waals surface area contributed by atoms with E-state index in [4.69, 9.17) is 10.4 Å². The summed E-state index contributed by atoms with van der Waals surface area (Å²) in [6.07, 6.45) is 4.32. The molecule has 4 nitrogen and oxygen atoms in total. The van der Waals surface area contributed by atoms with Crippen molar-refractivity contribution in [3.63, 3.8) is 0 Å². The maximum atomic E-state index is 5.55. The molecule has 4 heteroatoms. The summed E-state index contributed by atoms with van der Waals surface area (Å²) in [7, 11) is 0. The molecule has 1 aliphatic carbocycles. The first kappa shape index (κ1) is 10.5. The second kappa shape index (κ2) is 4.30. The maximum Gasteiger partial charge on any atom is 0.138 e. The Morgan fingerprint density at radius 1 is 1.18 bits per heavy atom. The van der Waals surface area contributed by atoms with Gasteiger partial charge in [0.2, 0.25) is 0 Å². The van der Waals surface area contributed by atoms with Gasteiger partial charge in [-0.25, -0.2) is 4.63 Å². The largest absolute Gasteiger partial charge is 0.330 e. The van der Waals surface area contributed by atoms with E-state index < -0.39 is 0 Å². The third-order valence-electron chi connectivity index (χ3n) is 3.31. The van der Waals surface area contributed by atoms with Crippen molar-refractivity contribution in [3.05, 3.63) is 35.0 Å². The first-order valence-electron chi connectivity index (χ1n) is 6.02. The van der Waals surface area contributed by atoms with Gasteiger partial charge in [0, 0.05) is 12.0 Å².